The molecule has 8 heteroatoms. The summed E-state index contributed by atoms with van der Waals surface area (Å²) in [6.45, 7) is -0.351. The number of hydrogen-bond donors (Lipinski definition) is 1. The molecule has 0 fully saturated rings. The molecule has 0 saturated heterocycles. The number of rotatable bonds is 5. The molecule has 0 radical (unpaired) electrons. The van der Waals surface area contributed by atoms with Crippen molar-refractivity contribution in [1.82, 2.24) is 0 Å². The Morgan fingerprint density at radius 3 is 2.42 bits per heavy atom. The third kappa shape index (κ3) is 5.07. The van der Waals surface area contributed by atoms with Gasteiger partial charge in [-0.3, -0.25) is 0 Å². The van der Waals surface area contributed by atoms with E-state index in [0.29, 0.717) is 5.56 Å². The van der Waals surface area contributed by atoms with Crippen LogP contribution in [0.15, 0.2) is 18.2 Å². The molecule has 19 heavy (non-hydrogen) atoms. The maximum atomic E-state index is 12.8. The minimum Gasteiger partial charge on any atom is -0.492 e. The normalized spacial score (nSPS) is 12.5. The van der Waals surface area contributed by atoms with Gasteiger partial charge in [-0.2, -0.15) is 13.2 Å². The van der Waals surface area contributed by atoms with Crippen LogP contribution < -0.4 is 10.5 Å². The Bertz CT molecular complexity index is 541. The summed E-state index contributed by atoms with van der Waals surface area (Å²) >= 11 is 0. The minimum absolute atomic E-state index is 0.0211. The number of sulfone groups is 1. The molecule has 0 atom stereocenters. The molecule has 0 aliphatic heterocycles. The fraction of sp³-hybridized carbons (Fsp3) is 0.455. The number of hydrogen-bond acceptors (Lipinski definition) is 4. The SMILES string of the molecule is CS(=O)(=O)CCOc1ccc(CN)cc1C(F)(F)F. The highest BCUT2D eigenvalue weighted by Crippen LogP contribution is 2.36. The zero-order chi connectivity index (χ0) is 14.7. The van der Waals surface area contributed by atoms with Gasteiger partial charge in [0.2, 0.25) is 0 Å². The van der Waals surface area contributed by atoms with Crippen LogP contribution in [0.1, 0.15) is 11.1 Å². The van der Waals surface area contributed by atoms with Gasteiger partial charge in [0, 0.05) is 12.8 Å². The first kappa shape index (κ1) is 15.8. The van der Waals surface area contributed by atoms with Crippen LogP contribution in [0.4, 0.5) is 13.2 Å². The van der Waals surface area contributed by atoms with E-state index in [4.69, 9.17) is 10.5 Å². The van der Waals surface area contributed by atoms with Gasteiger partial charge in [0.1, 0.15) is 12.4 Å². The van der Waals surface area contributed by atoms with Crippen LogP contribution in [0.3, 0.4) is 0 Å². The molecule has 0 bridgehead atoms. The highest BCUT2D eigenvalue weighted by molar-refractivity contribution is 7.90. The van der Waals surface area contributed by atoms with Gasteiger partial charge in [-0.05, 0) is 17.7 Å². The molecular weight excluding hydrogens is 283 g/mol. The maximum absolute atomic E-state index is 12.8. The molecule has 1 rings (SSSR count). The molecule has 0 spiro atoms. The lowest BCUT2D eigenvalue weighted by Crippen LogP contribution is -2.15. The Hall–Kier alpha value is -1.28. The van der Waals surface area contributed by atoms with Crippen molar-refractivity contribution in [2.75, 3.05) is 18.6 Å². The Kier molecular flexibility index (Phi) is 4.81. The second kappa shape index (κ2) is 5.79. The fourth-order valence-corrected chi connectivity index (χ4v) is 1.74. The van der Waals surface area contributed by atoms with Crippen molar-refractivity contribution < 1.29 is 26.3 Å². The van der Waals surface area contributed by atoms with E-state index < -0.39 is 27.3 Å². The number of ether oxygens (including phenoxy) is 1. The molecule has 0 aromatic heterocycles. The third-order valence-electron chi connectivity index (χ3n) is 2.30. The van der Waals surface area contributed by atoms with Crippen LogP contribution in [0, 0.1) is 0 Å². The minimum atomic E-state index is -4.58. The first-order valence-corrected chi connectivity index (χ1v) is 7.40. The quantitative estimate of drug-likeness (QED) is 0.896. The van der Waals surface area contributed by atoms with Gasteiger partial charge in [-0.15, -0.1) is 0 Å². The lowest BCUT2D eigenvalue weighted by Gasteiger charge is -2.14. The van der Waals surface area contributed by atoms with Gasteiger partial charge >= 0.3 is 6.18 Å². The molecule has 2 N–H and O–H groups in total. The molecule has 0 heterocycles. The Balaban J connectivity index is 2.94. The summed E-state index contributed by atoms with van der Waals surface area (Å²) in [5, 5.41) is 0. The monoisotopic (exact) mass is 297 g/mol. The van der Waals surface area contributed by atoms with E-state index in [1.54, 1.807) is 0 Å². The van der Waals surface area contributed by atoms with Crippen LogP contribution >= 0.6 is 0 Å². The van der Waals surface area contributed by atoms with E-state index in [1.807, 2.05) is 0 Å². The summed E-state index contributed by atoms with van der Waals surface area (Å²) in [4.78, 5) is 0. The van der Waals surface area contributed by atoms with Crippen molar-refractivity contribution in [3.63, 3.8) is 0 Å². The van der Waals surface area contributed by atoms with E-state index in [-0.39, 0.29) is 18.9 Å². The standard InChI is InChI=1S/C11H14F3NO3S/c1-19(16,17)5-4-18-10-3-2-8(7-15)6-9(10)11(12,13)14/h2-3,6H,4-5,7,15H2,1H3. The van der Waals surface area contributed by atoms with Crippen LogP contribution in [0.25, 0.3) is 0 Å². The van der Waals surface area contributed by atoms with Crippen molar-refractivity contribution in [2.45, 2.75) is 12.7 Å². The van der Waals surface area contributed by atoms with Gasteiger partial charge < -0.3 is 10.5 Å². The number of benzene rings is 1. The third-order valence-corrected chi connectivity index (χ3v) is 3.21. The maximum Gasteiger partial charge on any atom is 0.419 e. The second-order valence-electron chi connectivity index (χ2n) is 4.01. The van der Waals surface area contributed by atoms with Crippen molar-refractivity contribution >= 4 is 9.84 Å². The molecule has 0 unspecified atom stereocenters. The van der Waals surface area contributed by atoms with E-state index >= 15 is 0 Å². The Morgan fingerprint density at radius 1 is 1.32 bits per heavy atom. The van der Waals surface area contributed by atoms with Gasteiger partial charge in [0.25, 0.3) is 0 Å². The van der Waals surface area contributed by atoms with Gasteiger partial charge in [-0.25, -0.2) is 8.42 Å². The zero-order valence-electron chi connectivity index (χ0n) is 10.2. The lowest BCUT2D eigenvalue weighted by molar-refractivity contribution is -0.138. The summed E-state index contributed by atoms with van der Waals surface area (Å²) in [7, 11) is -3.28. The zero-order valence-corrected chi connectivity index (χ0v) is 11.0. The van der Waals surface area contributed by atoms with Gasteiger partial charge in [-0.1, -0.05) is 6.07 Å². The van der Waals surface area contributed by atoms with Crippen LogP contribution in [0.2, 0.25) is 0 Å². The topological polar surface area (TPSA) is 69.4 Å². The van der Waals surface area contributed by atoms with Crippen LogP contribution in [-0.4, -0.2) is 27.0 Å². The molecule has 0 saturated carbocycles. The van der Waals surface area contributed by atoms with Crippen molar-refractivity contribution in [1.29, 1.82) is 0 Å². The Labute approximate surface area is 109 Å². The highest BCUT2D eigenvalue weighted by Gasteiger charge is 2.34. The summed E-state index contributed by atoms with van der Waals surface area (Å²) in [6.07, 6.45) is -3.59. The number of halogens is 3. The van der Waals surface area contributed by atoms with Crippen molar-refractivity contribution in [3.8, 4) is 5.75 Å². The highest BCUT2D eigenvalue weighted by atomic mass is 32.2. The first-order chi connectivity index (χ1) is 8.63. The average Bonchev–Trinajstić information content (AvgIpc) is 2.26. The summed E-state index contributed by atoms with van der Waals surface area (Å²) in [6, 6.07) is 3.45. The fourth-order valence-electron chi connectivity index (χ4n) is 1.35. The van der Waals surface area contributed by atoms with Gasteiger partial charge in [0.05, 0.1) is 11.3 Å². The summed E-state index contributed by atoms with van der Waals surface area (Å²) < 4.78 is 65.0. The van der Waals surface area contributed by atoms with E-state index in [0.717, 1.165) is 18.4 Å². The predicted molar refractivity (Wildman–Crippen MR) is 64.5 cm³/mol. The molecular formula is C11H14F3NO3S. The average molecular weight is 297 g/mol. The molecule has 4 nitrogen and oxygen atoms in total. The molecule has 1 aromatic rings. The molecule has 108 valence electrons. The number of nitrogens with two attached hydrogens (primary N) is 1. The number of alkyl halides is 3. The second-order valence-corrected chi connectivity index (χ2v) is 6.27. The summed E-state index contributed by atoms with van der Waals surface area (Å²) in [5.74, 6) is -0.739. The molecule has 0 aliphatic carbocycles. The van der Waals surface area contributed by atoms with E-state index in [1.165, 1.54) is 6.07 Å². The first-order valence-electron chi connectivity index (χ1n) is 5.34. The van der Waals surface area contributed by atoms with Crippen molar-refractivity contribution in [3.05, 3.63) is 29.3 Å². The Morgan fingerprint density at radius 2 is 1.95 bits per heavy atom. The molecule has 0 aliphatic rings. The smallest absolute Gasteiger partial charge is 0.419 e. The lowest BCUT2D eigenvalue weighted by atomic mass is 10.1. The van der Waals surface area contributed by atoms with Crippen LogP contribution in [0.5, 0.6) is 5.75 Å². The predicted octanol–water partition coefficient (Wildman–Crippen LogP) is 1.59. The van der Waals surface area contributed by atoms with E-state index in [9.17, 15) is 21.6 Å². The van der Waals surface area contributed by atoms with E-state index in [2.05, 4.69) is 0 Å². The van der Waals surface area contributed by atoms with Gasteiger partial charge in [0.15, 0.2) is 9.84 Å². The van der Waals surface area contributed by atoms with Crippen molar-refractivity contribution in [2.24, 2.45) is 5.73 Å². The molecule has 0 amide bonds. The molecule has 1 aromatic carbocycles. The largest absolute Gasteiger partial charge is 0.492 e. The summed E-state index contributed by atoms with van der Waals surface area (Å²) in [5.41, 5.74) is 4.65. The van der Waals surface area contributed by atoms with Crippen LogP contribution in [-0.2, 0) is 22.6 Å².